The van der Waals surface area contributed by atoms with Crippen molar-refractivity contribution in [2.45, 2.75) is 18.6 Å². The fourth-order valence-corrected chi connectivity index (χ4v) is 5.39. The molecule has 2 aliphatic heterocycles. The number of nitrogens with zero attached hydrogens (tertiary/aromatic N) is 4. The highest BCUT2D eigenvalue weighted by atomic mass is 32.2. The number of hydrogen-bond donors (Lipinski definition) is 0. The van der Waals surface area contributed by atoms with Crippen LogP contribution in [0.5, 0.6) is 0 Å². The van der Waals surface area contributed by atoms with E-state index in [4.69, 9.17) is 4.99 Å². The van der Waals surface area contributed by atoms with Crippen molar-refractivity contribution in [3.63, 3.8) is 0 Å². The van der Waals surface area contributed by atoms with Crippen LogP contribution in [0.1, 0.15) is 24.0 Å². The average molecular weight is 457 g/mol. The Balaban J connectivity index is 1.78. The van der Waals surface area contributed by atoms with Gasteiger partial charge >= 0.3 is 5.79 Å². The molecule has 0 saturated carbocycles. The molecular formula is C27H28N4OS. The van der Waals surface area contributed by atoms with Crippen LogP contribution >= 0.6 is 11.8 Å². The van der Waals surface area contributed by atoms with Gasteiger partial charge in [0.1, 0.15) is 6.54 Å². The van der Waals surface area contributed by atoms with Gasteiger partial charge in [-0.15, -0.1) is 0 Å². The van der Waals surface area contributed by atoms with Crippen LogP contribution in [0.2, 0.25) is 0 Å². The summed E-state index contributed by atoms with van der Waals surface area (Å²) in [6, 6.07) is 30.1. The number of para-hydroxylation sites is 1. The topological polar surface area (TPSA) is 44.9 Å². The lowest BCUT2D eigenvalue weighted by molar-refractivity contribution is -0.547. The van der Waals surface area contributed by atoms with Crippen LogP contribution in [-0.2, 0) is 5.79 Å². The summed E-state index contributed by atoms with van der Waals surface area (Å²) in [7, 11) is 0. The minimum Gasteiger partial charge on any atom is -0.620 e. The molecule has 2 heterocycles. The van der Waals surface area contributed by atoms with E-state index in [1.807, 2.05) is 78.9 Å². The quantitative estimate of drug-likeness (QED) is 0.236. The summed E-state index contributed by atoms with van der Waals surface area (Å²) in [5.74, 6) is -1.23. The third-order valence-corrected chi connectivity index (χ3v) is 7.07. The molecule has 1 atom stereocenters. The molecule has 168 valence electrons. The third kappa shape index (κ3) is 3.89. The summed E-state index contributed by atoms with van der Waals surface area (Å²) in [6.07, 6.45) is 4.36. The largest absolute Gasteiger partial charge is 0.620 e. The second kappa shape index (κ2) is 9.32. The highest BCUT2D eigenvalue weighted by Crippen LogP contribution is 2.41. The molecule has 0 radical (unpaired) electrons. The smallest absolute Gasteiger partial charge is 0.379 e. The van der Waals surface area contributed by atoms with Crippen molar-refractivity contribution in [3.8, 4) is 0 Å². The zero-order valence-electron chi connectivity index (χ0n) is 18.8. The minimum absolute atomic E-state index is 0.470. The summed E-state index contributed by atoms with van der Waals surface area (Å²) < 4.78 is 1.14. The van der Waals surface area contributed by atoms with Crippen molar-refractivity contribution < 1.29 is 4.74 Å². The molecule has 2 aliphatic rings. The van der Waals surface area contributed by atoms with Crippen molar-refractivity contribution in [1.82, 2.24) is 4.90 Å². The van der Waals surface area contributed by atoms with Gasteiger partial charge in [0, 0.05) is 24.3 Å². The number of hydroxylamine groups is 1. The predicted octanol–water partition coefficient (Wildman–Crippen LogP) is 5.13. The van der Waals surface area contributed by atoms with E-state index in [9.17, 15) is 5.21 Å². The maximum absolute atomic E-state index is 14.4. The first kappa shape index (κ1) is 21.6. The Labute approximate surface area is 199 Å². The molecule has 5 nitrogen and oxygen atoms in total. The Bertz CT molecular complexity index is 1140. The lowest BCUT2D eigenvalue weighted by Crippen LogP contribution is -2.48. The SMILES string of the molecule is CS/C(=N/C1(c2ccccc2)N(c2ccccc2)CC(c2ccccc2)=[N+]1[O-])N1CCCC1. The highest BCUT2D eigenvalue weighted by Gasteiger charge is 2.55. The van der Waals surface area contributed by atoms with Crippen molar-refractivity contribution in [3.05, 3.63) is 107 Å². The van der Waals surface area contributed by atoms with Gasteiger partial charge in [-0.3, -0.25) is 4.90 Å². The number of amidine groups is 1. The van der Waals surface area contributed by atoms with Crippen LogP contribution in [0.4, 0.5) is 5.69 Å². The Hall–Kier alpha value is -3.25. The summed E-state index contributed by atoms with van der Waals surface area (Å²) >= 11 is 1.62. The maximum atomic E-state index is 14.4. The first-order valence-corrected chi connectivity index (χ1v) is 12.6. The number of hydrogen-bond acceptors (Lipinski definition) is 4. The van der Waals surface area contributed by atoms with E-state index >= 15 is 0 Å². The molecule has 3 aromatic rings. The third-order valence-electron chi connectivity index (χ3n) is 6.36. The molecule has 3 aromatic carbocycles. The molecule has 1 fully saturated rings. The van der Waals surface area contributed by atoms with Crippen LogP contribution in [0, 0.1) is 5.21 Å². The molecule has 33 heavy (non-hydrogen) atoms. The number of rotatable bonds is 4. The van der Waals surface area contributed by atoms with E-state index in [0.717, 1.165) is 52.7 Å². The zero-order chi connectivity index (χ0) is 22.7. The van der Waals surface area contributed by atoms with Gasteiger partial charge < -0.3 is 10.1 Å². The molecule has 0 spiro atoms. The normalized spacial score (nSPS) is 21.2. The van der Waals surface area contributed by atoms with Crippen molar-refractivity contribution in [1.29, 1.82) is 0 Å². The number of anilines is 1. The second-order valence-corrected chi connectivity index (χ2v) is 9.10. The fraction of sp³-hybridized carbons (Fsp3) is 0.259. The first-order valence-electron chi connectivity index (χ1n) is 11.4. The molecule has 0 amide bonds. The van der Waals surface area contributed by atoms with Gasteiger partial charge in [-0.25, -0.2) is 0 Å². The van der Waals surface area contributed by atoms with E-state index in [0.29, 0.717) is 12.3 Å². The number of aliphatic imine (C=N–C) groups is 1. The zero-order valence-corrected chi connectivity index (χ0v) is 19.6. The Morgan fingerprint density at radius 1 is 0.879 bits per heavy atom. The lowest BCUT2D eigenvalue weighted by atomic mass is 10.1. The lowest BCUT2D eigenvalue weighted by Gasteiger charge is -2.35. The molecule has 0 aliphatic carbocycles. The van der Waals surface area contributed by atoms with Crippen molar-refractivity contribution in [2.24, 2.45) is 4.99 Å². The van der Waals surface area contributed by atoms with E-state index in [-0.39, 0.29) is 0 Å². The van der Waals surface area contributed by atoms with E-state index in [1.165, 1.54) is 0 Å². The van der Waals surface area contributed by atoms with Gasteiger partial charge in [0.15, 0.2) is 5.17 Å². The fourth-order valence-electron chi connectivity index (χ4n) is 4.73. The first-order chi connectivity index (χ1) is 16.2. The van der Waals surface area contributed by atoms with Gasteiger partial charge in [-0.1, -0.05) is 66.4 Å². The van der Waals surface area contributed by atoms with E-state index in [2.05, 4.69) is 28.2 Å². The second-order valence-electron chi connectivity index (χ2n) is 8.32. The van der Waals surface area contributed by atoms with Gasteiger partial charge in [0.2, 0.25) is 5.71 Å². The van der Waals surface area contributed by atoms with Gasteiger partial charge in [0.25, 0.3) is 0 Å². The van der Waals surface area contributed by atoms with Gasteiger partial charge in [-0.2, -0.15) is 9.73 Å². The number of thioether (sulfide) groups is 1. The Morgan fingerprint density at radius 3 is 2.06 bits per heavy atom. The molecule has 5 rings (SSSR count). The van der Waals surface area contributed by atoms with Crippen LogP contribution in [0.25, 0.3) is 0 Å². The molecule has 0 aromatic heterocycles. The van der Waals surface area contributed by atoms with Crippen LogP contribution < -0.4 is 4.90 Å². The maximum Gasteiger partial charge on any atom is 0.379 e. The molecule has 6 heteroatoms. The number of benzene rings is 3. The molecule has 1 unspecified atom stereocenters. The summed E-state index contributed by atoms with van der Waals surface area (Å²) in [5, 5.41) is 15.3. The van der Waals surface area contributed by atoms with Crippen molar-refractivity contribution in [2.75, 3.05) is 30.8 Å². The van der Waals surface area contributed by atoms with Gasteiger partial charge in [-0.05, 0) is 55.5 Å². The molecule has 0 bridgehead atoms. The minimum atomic E-state index is -1.23. The molecule has 0 N–H and O–H groups in total. The van der Waals surface area contributed by atoms with E-state index in [1.54, 1.807) is 11.8 Å². The van der Waals surface area contributed by atoms with Gasteiger partial charge in [0.05, 0.1) is 5.56 Å². The standard InChI is InChI=1S/C27H28N4OS/c1-33-26(29-19-11-12-20-29)28-27(23-15-7-3-8-16-23)30(24-17-9-4-10-18-24)21-25(31(27)32)22-13-5-2-6-14-22/h2-10,13-18H,11-12,19-21H2,1H3/b28-26+. The number of likely N-dealkylation sites (tertiary alicyclic amines) is 1. The summed E-state index contributed by atoms with van der Waals surface area (Å²) in [4.78, 5) is 9.77. The van der Waals surface area contributed by atoms with Crippen LogP contribution in [-0.4, -0.2) is 46.4 Å². The average Bonchev–Trinajstić information content (AvgIpc) is 3.52. The molecule has 1 saturated heterocycles. The predicted molar refractivity (Wildman–Crippen MR) is 138 cm³/mol. The van der Waals surface area contributed by atoms with Crippen molar-refractivity contribution >= 4 is 28.3 Å². The van der Waals surface area contributed by atoms with E-state index < -0.39 is 5.79 Å². The highest BCUT2D eigenvalue weighted by molar-refractivity contribution is 8.13. The van der Waals surface area contributed by atoms with Crippen LogP contribution in [0.15, 0.2) is 96.0 Å². The Morgan fingerprint density at radius 2 is 1.45 bits per heavy atom. The van der Waals surface area contributed by atoms with Crippen LogP contribution in [0.3, 0.4) is 0 Å². The summed E-state index contributed by atoms with van der Waals surface area (Å²) in [6.45, 7) is 2.42. The summed E-state index contributed by atoms with van der Waals surface area (Å²) in [5.41, 5.74) is 3.47. The monoisotopic (exact) mass is 456 g/mol. The Kier molecular flexibility index (Phi) is 6.09. The molecular weight excluding hydrogens is 428 g/mol.